The molecule has 3 heterocycles. The summed E-state index contributed by atoms with van der Waals surface area (Å²) in [5.41, 5.74) is 2.77. The van der Waals surface area contributed by atoms with Crippen LogP contribution in [0.15, 0.2) is 67.0 Å². The summed E-state index contributed by atoms with van der Waals surface area (Å²) in [5, 5.41) is 5.52. The number of benzene rings is 2. The van der Waals surface area contributed by atoms with Gasteiger partial charge < -0.3 is 10.2 Å². The molecule has 1 saturated heterocycles. The van der Waals surface area contributed by atoms with Crippen molar-refractivity contribution in [2.24, 2.45) is 0 Å². The highest BCUT2D eigenvalue weighted by Gasteiger charge is 2.27. The molecule has 2 unspecified atom stereocenters. The lowest BCUT2D eigenvalue weighted by Crippen LogP contribution is -2.55. The fourth-order valence-electron chi connectivity index (χ4n) is 4.47. The maximum atomic E-state index is 13.6. The Morgan fingerprint density at radius 1 is 0.966 bits per heavy atom. The maximum Gasteiger partial charge on any atom is 0.256 e. The van der Waals surface area contributed by atoms with E-state index in [1.165, 1.54) is 0 Å². The predicted molar refractivity (Wildman–Crippen MR) is 116 cm³/mol. The topological polar surface area (TPSA) is 49.6 Å². The van der Waals surface area contributed by atoms with E-state index >= 15 is 0 Å². The number of rotatable bonds is 2. The van der Waals surface area contributed by atoms with E-state index in [9.17, 15) is 4.79 Å². The Morgan fingerprint density at radius 2 is 1.62 bits per heavy atom. The molecule has 0 saturated carbocycles. The Morgan fingerprint density at radius 3 is 2.34 bits per heavy atom. The summed E-state index contributed by atoms with van der Waals surface area (Å²) in [6.45, 7) is 5.68. The minimum absolute atomic E-state index is 0.0796. The number of imidazole rings is 1. The van der Waals surface area contributed by atoms with Crippen molar-refractivity contribution in [2.45, 2.75) is 25.9 Å². The van der Waals surface area contributed by atoms with Crippen molar-refractivity contribution in [3.63, 3.8) is 0 Å². The van der Waals surface area contributed by atoms with E-state index in [-0.39, 0.29) is 18.0 Å². The van der Waals surface area contributed by atoms with Crippen molar-refractivity contribution < 1.29 is 4.79 Å². The Balaban J connectivity index is 1.70. The monoisotopic (exact) mass is 384 g/mol. The highest BCUT2D eigenvalue weighted by atomic mass is 16.2. The summed E-state index contributed by atoms with van der Waals surface area (Å²) in [4.78, 5) is 20.2. The van der Waals surface area contributed by atoms with E-state index in [0.29, 0.717) is 13.1 Å². The van der Waals surface area contributed by atoms with Crippen LogP contribution in [-0.2, 0) is 0 Å². The zero-order valence-electron chi connectivity index (χ0n) is 16.7. The fraction of sp³-hybridized carbons (Fsp3) is 0.250. The quantitative estimate of drug-likeness (QED) is 0.569. The molecule has 146 valence electrons. The molecule has 1 N–H and O–H groups in total. The van der Waals surface area contributed by atoms with Crippen molar-refractivity contribution in [3.8, 4) is 11.4 Å². The third-order valence-electron chi connectivity index (χ3n) is 5.66. The molecule has 0 bridgehead atoms. The Hall–Kier alpha value is -3.18. The molecule has 4 aromatic rings. The summed E-state index contributed by atoms with van der Waals surface area (Å²) in [5.74, 6) is 0.929. The molecule has 5 rings (SSSR count). The normalized spacial score (nSPS) is 19.7. The Kier molecular flexibility index (Phi) is 4.32. The Bertz CT molecular complexity index is 1190. The number of nitrogens with one attached hydrogen (secondary N) is 1. The second kappa shape index (κ2) is 7.01. The average molecular weight is 384 g/mol. The molecule has 1 aliphatic heterocycles. The summed E-state index contributed by atoms with van der Waals surface area (Å²) < 4.78 is 2.06. The number of hydrogen-bond donors (Lipinski definition) is 1. The molecule has 0 radical (unpaired) electrons. The van der Waals surface area contributed by atoms with Gasteiger partial charge in [0.05, 0.1) is 17.3 Å². The van der Waals surface area contributed by atoms with Crippen molar-refractivity contribution in [1.82, 2.24) is 19.6 Å². The number of nitrogens with zero attached hydrogens (tertiary/aromatic N) is 3. The van der Waals surface area contributed by atoms with Crippen molar-refractivity contribution in [1.29, 1.82) is 0 Å². The molecule has 1 amide bonds. The van der Waals surface area contributed by atoms with Crippen LogP contribution in [0, 0.1) is 0 Å². The number of aromatic nitrogens is 2. The molecule has 5 nitrogen and oxygen atoms in total. The second-order valence-corrected chi connectivity index (χ2v) is 7.97. The first-order chi connectivity index (χ1) is 14.1. The first-order valence-corrected chi connectivity index (χ1v) is 10.1. The molecule has 0 spiro atoms. The predicted octanol–water partition coefficient (Wildman–Crippen LogP) is 3.98. The van der Waals surface area contributed by atoms with Crippen molar-refractivity contribution >= 4 is 22.2 Å². The van der Waals surface area contributed by atoms with Gasteiger partial charge in [0.1, 0.15) is 5.82 Å². The molecular formula is C24H24N4O. The van der Waals surface area contributed by atoms with Crippen LogP contribution in [-0.4, -0.2) is 45.4 Å². The molecule has 1 aliphatic rings. The van der Waals surface area contributed by atoms with Gasteiger partial charge in [0, 0.05) is 42.3 Å². The maximum absolute atomic E-state index is 13.6. The van der Waals surface area contributed by atoms with E-state index in [4.69, 9.17) is 0 Å². The number of amides is 1. The summed E-state index contributed by atoms with van der Waals surface area (Å²) in [7, 11) is 0. The largest absolute Gasteiger partial charge is 0.335 e. The third kappa shape index (κ3) is 3.08. The SMILES string of the molecule is CC1CN(C(=O)c2cn3c(-c4ccccc4)ncc3c3ccccc23)CC(C)N1. The Labute approximate surface area is 170 Å². The molecule has 1 fully saturated rings. The van der Waals surface area contributed by atoms with Crippen LogP contribution in [0.3, 0.4) is 0 Å². The molecule has 2 aromatic carbocycles. The van der Waals surface area contributed by atoms with Crippen molar-refractivity contribution in [2.75, 3.05) is 13.1 Å². The van der Waals surface area contributed by atoms with E-state index in [1.807, 2.05) is 65.8 Å². The molecule has 5 heteroatoms. The van der Waals surface area contributed by atoms with Crippen LogP contribution in [0.1, 0.15) is 24.2 Å². The van der Waals surface area contributed by atoms with Gasteiger partial charge in [-0.1, -0.05) is 54.6 Å². The molecule has 0 aliphatic carbocycles. The first-order valence-electron chi connectivity index (χ1n) is 10.1. The highest BCUT2D eigenvalue weighted by Crippen LogP contribution is 2.29. The third-order valence-corrected chi connectivity index (χ3v) is 5.66. The lowest BCUT2D eigenvalue weighted by molar-refractivity contribution is 0.0675. The van der Waals surface area contributed by atoms with Gasteiger partial charge >= 0.3 is 0 Å². The van der Waals surface area contributed by atoms with Crippen LogP contribution in [0.4, 0.5) is 0 Å². The number of pyridine rings is 1. The summed E-state index contributed by atoms with van der Waals surface area (Å²) in [6.07, 6.45) is 3.86. The van der Waals surface area contributed by atoms with E-state index < -0.39 is 0 Å². The lowest BCUT2D eigenvalue weighted by atomic mass is 10.0. The standard InChI is InChI=1S/C24H24N4O/c1-16-13-27(14-17(2)26-16)24(29)21-15-28-22(20-11-7-6-10-19(20)21)12-25-23(28)18-8-4-3-5-9-18/h3-12,15-17,26H,13-14H2,1-2H3. The van der Waals surface area contributed by atoms with Gasteiger partial charge in [-0.15, -0.1) is 0 Å². The van der Waals surface area contributed by atoms with E-state index in [0.717, 1.165) is 33.2 Å². The fourth-order valence-corrected chi connectivity index (χ4v) is 4.47. The zero-order valence-corrected chi connectivity index (χ0v) is 16.7. The van der Waals surface area contributed by atoms with Crippen LogP contribution in [0.5, 0.6) is 0 Å². The molecular weight excluding hydrogens is 360 g/mol. The minimum atomic E-state index is 0.0796. The van der Waals surface area contributed by atoms with Crippen LogP contribution in [0.25, 0.3) is 27.7 Å². The van der Waals surface area contributed by atoms with Gasteiger partial charge in [-0.05, 0) is 19.2 Å². The van der Waals surface area contributed by atoms with Crippen LogP contribution < -0.4 is 5.32 Å². The van der Waals surface area contributed by atoms with E-state index in [1.54, 1.807) is 0 Å². The average Bonchev–Trinajstić information content (AvgIpc) is 3.17. The second-order valence-electron chi connectivity index (χ2n) is 7.97. The number of carbonyl (C=O) groups is 1. The van der Waals surface area contributed by atoms with Gasteiger partial charge in [0.25, 0.3) is 5.91 Å². The number of hydrogen-bond acceptors (Lipinski definition) is 3. The smallest absolute Gasteiger partial charge is 0.256 e. The summed E-state index contributed by atoms with van der Waals surface area (Å²) in [6, 6.07) is 18.8. The summed E-state index contributed by atoms with van der Waals surface area (Å²) >= 11 is 0. The number of carbonyl (C=O) groups excluding carboxylic acids is 1. The molecule has 29 heavy (non-hydrogen) atoms. The van der Waals surface area contributed by atoms with Gasteiger partial charge in [-0.2, -0.15) is 0 Å². The lowest BCUT2D eigenvalue weighted by Gasteiger charge is -2.36. The van der Waals surface area contributed by atoms with E-state index in [2.05, 4.69) is 34.6 Å². The number of piperazine rings is 1. The van der Waals surface area contributed by atoms with Gasteiger partial charge in [-0.25, -0.2) is 4.98 Å². The minimum Gasteiger partial charge on any atom is -0.335 e. The molecule has 2 atom stereocenters. The van der Waals surface area contributed by atoms with Crippen molar-refractivity contribution in [3.05, 3.63) is 72.6 Å². The number of fused-ring (bicyclic) bond motifs is 3. The zero-order chi connectivity index (χ0) is 20.0. The van der Waals surface area contributed by atoms with Gasteiger partial charge in [0.15, 0.2) is 0 Å². The molecule has 2 aromatic heterocycles. The highest BCUT2D eigenvalue weighted by molar-refractivity contribution is 6.11. The van der Waals surface area contributed by atoms with Crippen LogP contribution in [0.2, 0.25) is 0 Å². The van der Waals surface area contributed by atoms with Gasteiger partial charge in [0.2, 0.25) is 0 Å². The van der Waals surface area contributed by atoms with Gasteiger partial charge in [-0.3, -0.25) is 9.20 Å². The van der Waals surface area contributed by atoms with Crippen LogP contribution >= 0.6 is 0 Å². The first kappa shape index (κ1) is 17.9.